The molecule has 0 spiro atoms. The lowest BCUT2D eigenvalue weighted by Gasteiger charge is -2.27. The number of fused-ring (bicyclic) bond motifs is 24. The zero-order valence-corrected chi connectivity index (χ0v) is 76.0. The second-order valence-electron chi connectivity index (χ2n) is 37.7. The van der Waals surface area contributed by atoms with Crippen LogP contribution in [-0.4, -0.2) is 99.4 Å². The van der Waals surface area contributed by atoms with Gasteiger partial charge in [0, 0.05) is 113 Å². The van der Waals surface area contributed by atoms with Crippen molar-refractivity contribution in [3.63, 3.8) is 0 Å². The molecule has 1 N–H and O–H groups in total. The number of rotatable bonds is 6. The van der Waals surface area contributed by atoms with E-state index in [0.29, 0.717) is 30.0 Å². The van der Waals surface area contributed by atoms with Crippen molar-refractivity contribution in [2.45, 2.75) is 236 Å². The highest BCUT2D eigenvalue weighted by Gasteiger charge is 2.48. The normalized spacial score (nSPS) is 19.4. The fourth-order valence-corrected chi connectivity index (χ4v) is 20.7. The number of nitrogens with zero attached hydrogens (tertiary/aromatic N) is 19. The monoisotopic (exact) mass is 1650 g/mol. The predicted molar refractivity (Wildman–Crippen MR) is 499 cm³/mol. The van der Waals surface area contributed by atoms with Crippen LogP contribution in [0.2, 0.25) is 0 Å². The molecule has 2 aliphatic heterocycles. The third-order valence-electron chi connectivity index (χ3n) is 27.5. The molecule has 0 bridgehead atoms. The zero-order valence-electron chi connectivity index (χ0n) is 76.0. The summed E-state index contributed by atoms with van der Waals surface area (Å²) < 4.78 is 12.6. The molecule has 640 valence electrons. The van der Waals surface area contributed by atoms with E-state index in [-0.39, 0.29) is 18.1 Å². The lowest BCUT2D eigenvalue weighted by Crippen LogP contribution is -2.40. The second kappa shape index (κ2) is 35.8. The van der Waals surface area contributed by atoms with Gasteiger partial charge < -0.3 is 9.80 Å². The summed E-state index contributed by atoms with van der Waals surface area (Å²) in [6, 6.07) is 70.8. The van der Waals surface area contributed by atoms with Crippen molar-refractivity contribution < 1.29 is 4.68 Å². The Kier molecular flexibility index (Phi) is 24.4. The third-order valence-corrected chi connectivity index (χ3v) is 27.5. The van der Waals surface area contributed by atoms with Crippen LogP contribution in [0.5, 0.6) is 0 Å². The Morgan fingerprint density at radius 3 is 1.13 bits per heavy atom. The summed E-state index contributed by atoms with van der Waals surface area (Å²) in [5.41, 5.74) is 34.2. The van der Waals surface area contributed by atoms with E-state index in [2.05, 4.69) is 414 Å². The second-order valence-corrected chi connectivity index (χ2v) is 37.7. The molecular weight excluding hydrogens is 1530 g/mol. The molecular formula is C104H125N20+. The molecule has 6 aromatic heterocycles. The van der Waals surface area contributed by atoms with Crippen LogP contribution < -0.4 is 14.5 Å². The van der Waals surface area contributed by atoms with Crippen LogP contribution in [-0.2, 0) is 51.6 Å². The Morgan fingerprint density at radius 1 is 0.323 bits per heavy atom. The first-order chi connectivity index (χ1) is 60.0. The van der Waals surface area contributed by atoms with Gasteiger partial charge in [0.15, 0.2) is 0 Å². The Labute approximate surface area is 733 Å². The van der Waals surface area contributed by atoms with E-state index in [4.69, 9.17) is 0 Å². The van der Waals surface area contributed by atoms with Gasteiger partial charge in [0.1, 0.15) is 23.1 Å². The van der Waals surface area contributed by atoms with Gasteiger partial charge in [0.05, 0.1) is 45.4 Å². The Hall–Kier alpha value is -11.8. The molecule has 14 aromatic rings. The smallest absolute Gasteiger partial charge is 0.258 e. The molecule has 20 nitrogen and oxygen atoms in total. The van der Waals surface area contributed by atoms with Crippen molar-refractivity contribution in [1.29, 1.82) is 0 Å². The van der Waals surface area contributed by atoms with Crippen molar-refractivity contribution in [2.75, 3.05) is 23.9 Å². The third kappa shape index (κ3) is 16.5. The van der Waals surface area contributed by atoms with E-state index in [1.54, 1.807) is 0 Å². The molecule has 2 fully saturated rings. The number of aryl methyl sites for hydroxylation is 2. The molecule has 20 heteroatoms. The number of aromatic nitrogens is 18. The number of H-pyrrole nitrogens is 1. The first-order valence-corrected chi connectivity index (χ1v) is 45.9. The Bertz CT molecular complexity index is 5730. The van der Waals surface area contributed by atoms with Crippen molar-refractivity contribution in [3.05, 3.63) is 250 Å². The van der Waals surface area contributed by atoms with Crippen LogP contribution in [0.25, 0.3) is 90.1 Å². The van der Waals surface area contributed by atoms with Crippen LogP contribution in [0.15, 0.2) is 194 Å². The van der Waals surface area contributed by atoms with Gasteiger partial charge in [-0.15, -0.1) is 25.5 Å². The molecule has 8 aromatic carbocycles. The Balaban J connectivity index is 0.000000106. The number of para-hydroxylation sites is 2. The number of hydrogen-bond acceptors (Lipinski definition) is 13. The van der Waals surface area contributed by atoms with E-state index in [9.17, 15) is 0 Å². The number of nitrogens with one attached hydrogen (secondary N) is 1. The predicted octanol–water partition coefficient (Wildman–Crippen LogP) is 22.6. The van der Waals surface area contributed by atoms with Crippen molar-refractivity contribution >= 4 is 11.4 Å². The van der Waals surface area contributed by atoms with Crippen LogP contribution in [0.4, 0.5) is 11.4 Å². The molecule has 0 radical (unpaired) electrons. The van der Waals surface area contributed by atoms with Gasteiger partial charge in [0.2, 0.25) is 5.69 Å². The number of hydrogen-bond donors (Lipinski definition) is 1. The summed E-state index contributed by atoms with van der Waals surface area (Å²) >= 11 is 0. The average Bonchev–Trinajstić information content (AvgIpc) is 1.48. The van der Waals surface area contributed by atoms with E-state index in [0.717, 1.165) is 114 Å². The highest BCUT2D eigenvalue weighted by atomic mass is 15.5. The van der Waals surface area contributed by atoms with Crippen molar-refractivity contribution in [3.8, 4) is 90.1 Å². The molecule has 124 heavy (non-hydrogen) atoms. The SMILES string of the molecule is CC(C)[n+]1[nH]nc2c1-c1ccccc1CN(C)c1ccccc1-2.CC(C)n1nnc2c1-c1ccccc1N(C)Cc1ccccc1-2.CC1Cc2ccccc2-c2c(nnn2C(C)C)-c2ccccc21.CC1Cc2ccccc2-c2nnn(C(C)C)c2-c2ccccc21.CC1[C@H]2CCc3c(nnn3C(C)C)CC[C@@H]12.CC1[C@H]2CCc3nnn(C(C)C)c3CC[C@@H]12. The van der Waals surface area contributed by atoms with E-state index < -0.39 is 0 Å². The first-order valence-electron chi connectivity index (χ1n) is 45.9. The van der Waals surface area contributed by atoms with Crippen LogP contribution in [0, 0.1) is 35.5 Å². The number of benzene rings is 8. The van der Waals surface area contributed by atoms with Crippen LogP contribution in [0.1, 0.15) is 241 Å². The van der Waals surface area contributed by atoms with Gasteiger partial charge in [-0.1, -0.05) is 235 Å². The fraction of sp³-hybridized carbons (Fsp3) is 0.423. The van der Waals surface area contributed by atoms with Gasteiger partial charge in [-0.3, -0.25) is 0 Å². The van der Waals surface area contributed by atoms with E-state index >= 15 is 0 Å². The minimum atomic E-state index is 0.260. The van der Waals surface area contributed by atoms with Crippen molar-refractivity contribution in [1.82, 2.24) is 85.3 Å². The highest BCUT2D eigenvalue weighted by molar-refractivity contribution is 5.90. The first kappa shape index (κ1) is 84.4. The fourth-order valence-electron chi connectivity index (χ4n) is 20.7. The molecule has 22 rings (SSSR count). The maximum absolute atomic E-state index is 4.67. The quantitative estimate of drug-likeness (QED) is 0.155. The molecule has 8 aliphatic rings. The molecule has 2 saturated carbocycles. The molecule has 8 heterocycles. The van der Waals surface area contributed by atoms with Gasteiger partial charge in [0.25, 0.3) is 5.69 Å². The molecule has 0 saturated heterocycles. The summed E-state index contributed by atoms with van der Waals surface area (Å²) in [6.07, 6.45) is 12.1. The minimum absolute atomic E-state index is 0.260. The van der Waals surface area contributed by atoms with Gasteiger partial charge in [-0.05, 0) is 246 Å². The van der Waals surface area contributed by atoms with E-state index in [1.165, 1.54) is 156 Å². The summed E-state index contributed by atoms with van der Waals surface area (Å²) in [5.74, 6) is 6.80. The molecule has 0 amide bonds. The number of aromatic amines is 1. The largest absolute Gasteiger partial charge is 0.370 e. The summed E-state index contributed by atoms with van der Waals surface area (Å²) in [5, 5.41) is 52.3. The zero-order chi connectivity index (χ0) is 86.5. The lowest BCUT2D eigenvalue weighted by molar-refractivity contribution is -0.761. The van der Waals surface area contributed by atoms with E-state index in [1.807, 2.05) is 4.68 Å². The maximum Gasteiger partial charge on any atom is 0.258 e. The summed E-state index contributed by atoms with van der Waals surface area (Å²) in [7, 11) is 4.29. The minimum Gasteiger partial charge on any atom is -0.370 e. The average molecular weight is 1660 g/mol. The molecule has 6 aliphatic carbocycles. The summed E-state index contributed by atoms with van der Waals surface area (Å²) in [6.45, 7) is 37.2. The molecule has 4 unspecified atom stereocenters. The Morgan fingerprint density at radius 2 is 0.653 bits per heavy atom. The lowest BCUT2D eigenvalue weighted by atomic mass is 9.83. The van der Waals surface area contributed by atoms with Crippen LogP contribution in [0.3, 0.4) is 0 Å². The van der Waals surface area contributed by atoms with Crippen molar-refractivity contribution in [2.24, 2.45) is 35.5 Å². The topological polar surface area (TPSA) is 193 Å². The highest BCUT2D eigenvalue weighted by Crippen LogP contribution is 2.54. The summed E-state index contributed by atoms with van der Waals surface area (Å²) in [4.78, 5) is 4.60. The maximum atomic E-state index is 4.67. The van der Waals surface area contributed by atoms with Gasteiger partial charge >= 0.3 is 0 Å². The number of anilines is 2. The van der Waals surface area contributed by atoms with Crippen LogP contribution >= 0.6 is 0 Å². The van der Waals surface area contributed by atoms with Gasteiger partial charge in [-0.25, -0.2) is 23.4 Å². The van der Waals surface area contributed by atoms with Gasteiger partial charge in [-0.2, -0.15) is 4.68 Å². The molecule has 8 atom stereocenters. The standard InChI is InChI=1S/2C20H21N3.2C19H20N4.2C13H21N3/c1-13(2)23-20-17-10-5-4-8-15(17)12-14(3)16-9-6-7-11-18(16)19(20)21-22-23;1-13(2)23-20-18-11-7-6-9-16(18)14(3)12-15-8-4-5-10-17(15)19(20)21-22-23;1-13(2)23-19-15-9-5-4-8-14(15)12-22(3)17-11-7-6-10-16(17)18(19)20-21-23;1-13(2)23-19-16-10-6-7-11-17(16)22(3)12-14-8-4-5-9-15(14)18(19)20-21-23;2*1-8(2)16-13-7-5-11-9(3)10(11)4-6-12(13)14-15-16/h2*4-11,13-14H,12H2,1-3H3;2*4-11,13H,12H2,1-3H3;2*8-11H,4-7H2,1-3H3/p+1/t;;;;2*9?,10-,11+/m....10/s1.